The molecular weight excluding hydrogens is 997 g/mol. The number of unbranched alkanes of at least 4 members (excludes halogenated alkanes) is 18. The number of hydrogen-bond donors (Lipinski definition) is 0. The van der Waals surface area contributed by atoms with E-state index in [2.05, 4.69) is 179 Å². The van der Waals surface area contributed by atoms with Gasteiger partial charge in [0.25, 0.3) is 0 Å². The summed E-state index contributed by atoms with van der Waals surface area (Å²) in [6.07, 6.45) is 99.5. The molecule has 0 bridgehead atoms. The van der Waals surface area contributed by atoms with E-state index in [-0.39, 0.29) is 44.0 Å². The lowest BCUT2D eigenvalue weighted by atomic mass is 10.0. The lowest BCUT2D eigenvalue weighted by Gasteiger charge is -2.18. The summed E-state index contributed by atoms with van der Waals surface area (Å²) in [6, 6.07) is 0. The Morgan fingerprint density at radius 3 is 0.765 bits per heavy atom. The first-order chi connectivity index (χ1) is 40.0. The SMILES string of the molecule is CC/C=C\C/C=C\C/C=C\C/C=C\C/C=C\CCCCCCCCCCCCCCCC(=O)OCC(COC(=O)CC/C=C\C/C=C\C/C=C\C/C=C\CC)OC(=O)CCCCCCC/C=C\C/C=C\C/C=C\C/C=C\C/C=C\CC. The van der Waals surface area contributed by atoms with Crippen molar-refractivity contribution in [3.8, 4) is 0 Å². The molecule has 1 unspecified atom stereocenters. The van der Waals surface area contributed by atoms with Gasteiger partial charge in [0, 0.05) is 19.3 Å². The molecule has 0 rings (SSSR count). The van der Waals surface area contributed by atoms with Crippen LogP contribution in [0, 0.1) is 0 Å². The summed E-state index contributed by atoms with van der Waals surface area (Å²) in [5.41, 5.74) is 0. The van der Waals surface area contributed by atoms with E-state index in [0.717, 1.165) is 148 Å². The van der Waals surface area contributed by atoms with Crippen LogP contribution in [0.25, 0.3) is 0 Å². The summed E-state index contributed by atoms with van der Waals surface area (Å²) >= 11 is 0. The molecule has 81 heavy (non-hydrogen) atoms. The highest BCUT2D eigenvalue weighted by atomic mass is 16.6. The van der Waals surface area contributed by atoms with Gasteiger partial charge in [-0.05, 0) is 135 Å². The summed E-state index contributed by atoms with van der Waals surface area (Å²) in [5.74, 6) is -1.02. The van der Waals surface area contributed by atoms with Crippen LogP contribution in [0.2, 0.25) is 0 Å². The minimum absolute atomic E-state index is 0.115. The summed E-state index contributed by atoms with van der Waals surface area (Å²) < 4.78 is 16.8. The van der Waals surface area contributed by atoms with Crippen LogP contribution in [0.5, 0.6) is 0 Å². The number of esters is 3. The Balaban J connectivity index is 4.38. The van der Waals surface area contributed by atoms with Crippen LogP contribution in [0.1, 0.15) is 265 Å². The average molecular weight is 1120 g/mol. The van der Waals surface area contributed by atoms with E-state index in [9.17, 15) is 14.4 Å². The molecule has 0 aromatic heterocycles. The van der Waals surface area contributed by atoms with Crippen molar-refractivity contribution in [2.45, 2.75) is 271 Å². The van der Waals surface area contributed by atoms with Gasteiger partial charge in [0.1, 0.15) is 13.2 Å². The van der Waals surface area contributed by atoms with Crippen molar-refractivity contribution in [2.75, 3.05) is 13.2 Å². The van der Waals surface area contributed by atoms with Gasteiger partial charge in [-0.25, -0.2) is 0 Å². The first kappa shape index (κ1) is 75.8. The first-order valence-electron chi connectivity index (χ1n) is 32.6. The Bertz CT molecular complexity index is 1860. The molecule has 0 spiro atoms. The molecule has 0 aromatic rings. The van der Waals surface area contributed by atoms with Crippen LogP contribution in [-0.4, -0.2) is 37.2 Å². The lowest BCUT2D eigenvalue weighted by molar-refractivity contribution is -0.166. The molecule has 0 aliphatic heterocycles. The molecule has 0 radical (unpaired) electrons. The predicted octanol–water partition coefficient (Wildman–Crippen LogP) is 22.7. The van der Waals surface area contributed by atoms with E-state index in [4.69, 9.17) is 14.2 Å². The van der Waals surface area contributed by atoms with Crippen LogP contribution >= 0.6 is 0 Å². The standard InChI is InChI=1S/C75H118O6/c1-4-7-10-13-16-19-22-25-27-29-31-33-34-35-36-37-38-39-40-42-43-45-47-50-53-56-59-62-65-68-74(77)80-71-72(70-79-73(76)67-64-61-58-55-52-49-24-21-18-15-12-9-6-3)81-75(78)69-66-63-60-57-54-51-48-46-44-41-32-30-28-26-23-20-17-14-11-8-5-2/h7-12,16-21,25-28,31-33,35-36,41,46,48-49,52,58,61,72H,4-6,13-15,22-24,29-30,34,37-40,42-45,47,50-51,53-57,59-60,62-71H2,1-3H3/b10-7-,11-8-,12-9-,19-16-,20-17-,21-18-,27-25-,28-26-,33-31-,36-35-,41-32-,48-46-,52-49-,61-58-. The van der Waals surface area contributed by atoms with Gasteiger partial charge in [-0.1, -0.05) is 281 Å². The topological polar surface area (TPSA) is 78.9 Å². The highest BCUT2D eigenvalue weighted by molar-refractivity contribution is 5.71. The first-order valence-corrected chi connectivity index (χ1v) is 32.6. The van der Waals surface area contributed by atoms with Crippen LogP contribution in [0.4, 0.5) is 0 Å². The fraction of sp³-hybridized carbons (Fsp3) is 0.587. The third kappa shape index (κ3) is 65.5. The Kier molecular flexibility index (Phi) is 62.9. The summed E-state index contributed by atoms with van der Waals surface area (Å²) in [4.78, 5) is 38.3. The van der Waals surface area contributed by atoms with E-state index in [0.29, 0.717) is 12.8 Å². The number of carbonyl (C=O) groups is 3. The molecule has 6 nitrogen and oxygen atoms in total. The third-order valence-corrected chi connectivity index (χ3v) is 13.2. The number of allylic oxidation sites excluding steroid dienone is 28. The fourth-order valence-corrected chi connectivity index (χ4v) is 8.45. The minimum Gasteiger partial charge on any atom is -0.462 e. The molecule has 0 fully saturated rings. The van der Waals surface area contributed by atoms with Crippen LogP contribution < -0.4 is 0 Å². The maximum Gasteiger partial charge on any atom is 0.306 e. The second-order valence-electron chi connectivity index (χ2n) is 20.9. The maximum absolute atomic E-state index is 12.9. The second kappa shape index (κ2) is 67.3. The van der Waals surface area contributed by atoms with Crippen LogP contribution in [-0.2, 0) is 28.6 Å². The van der Waals surface area contributed by atoms with Crippen molar-refractivity contribution in [2.24, 2.45) is 0 Å². The second-order valence-corrected chi connectivity index (χ2v) is 20.9. The van der Waals surface area contributed by atoms with Crippen molar-refractivity contribution in [1.82, 2.24) is 0 Å². The Morgan fingerprint density at radius 1 is 0.247 bits per heavy atom. The molecule has 0 amide bonds. The number of rotatable bonds is 57. The number of carbonyl (C=O) groups excluding carboxylic acids is 3. The van der Waals surface area contributed by atoms with Gasteiger partial charge in [-0.2, -0.15) is 0 Å². The summed E-state index contributed by atoms with van der Waals surface area (Å²) in [7, 11) is 0. The van der Waals surface area contributed by atoms with Crippen molar-refractivity contribution in [1.29, 1.82) is 0 Å². The average Bonchev–Trinajstić information content (AvgIpc) is 3.46. The third-order valence-electron chi connectivity index (χ3n) is 13.2. The van der Waals surface area contributed by atoms with Crippen molar-refractivity contribution in [3.63, 3.8) is 0 Å². The molecule has 0 saturated carbocycles. The molecular formula is C75H118O6. The van der Waals surface area contributed by atoms with E-state index in [1.54, 1.807) is 0 Å². The number of ether oxygens (including phenoxy) is 3. The normalized spacial score (nSPS) is 13.3. The van der Waals surface area contributed by atoms with Gasteiger partial charge < -0.3 is 14.2 Å². The maximum atomic E-state index is 12.9. The molecule has 0 N–H and O–H groups in total. The lowest BCUT2D eigenvalue weighted by Crippen LogP contribution is -2.30. The zero-order valence-electron chi connectivity index (χ0n) is 52.0. The molecule has 1 atom stereocenters. The van der Waals surface area contributed by atoms with E-state index >= 15 is 0 Å². The molecule has 0 aromatic carbocycles. The molecule has 0 aliphatic carbocycles. The van der Waals surface area contributed by atoms with Gasteiger partial charge >= 0.3 is 17.9 Å². The largest absolute Gasteiger partial charge is 0.462 e. The van der Waals surface area contributed by atoms with Crippen molar-refractivity contribution >= 4 is 17.9 Å². The van der Waals surface area contributed by atoms with Crippen LogP contribution in [0.15, 0.2) is 170 Å². The highest BCUT2D eigenvalue weighted by Gasteiger charge is 2.19. The van der Waals surface area contributed by atoms with Crippen molar-refractivity contribution < 1.29 is 28.6 Å². The quantitative estimate of drug-likeness (QED) is 0.0261. The number of hydrogen-bond acceptors (Lipinski definition) is 6. The Morgan fingerprint density at radius 2 is 0.469 bits per heavy atom. The fourth-order valence-electron chi connectivity index (χ4n) is 8.45. The highest BCUT2D eigenvalue weighted by Crippen LogP contribution is 2.15. The smallest absolute Gasteiger partial charge is 0.306 e. The minimum atomic E-state index is -0.827. The van der Waals surface area contributed by atoms with E-state index < -0.39 is 6.10 Å². The van der Waals surface area contributed by atoms with Crippen LogP contribution in [0.3, 0.4) is 0 Å². The summed E-state index contributed by atoms with van der Waals surface area (Å²) in [5, 5.41) is 0. The van der Waals surface area contributed by atoms with E-state index in [1.165, 1.54) is 70.6 Å². The Hall–Kier alpha value is -5.23. The zero-order valence-corrected chi connectivity index (χ0v) is 52.0. The zero-order chi connectivity index (χ0) is 58.5. The van der Waals surface area contributed by atoms with Gasteiger partial charge in [0.15, 0.2) is 6.10 Å². The van der Waals surface area contributed by atoms with Gasteiger partial charge in [0.2, 0.25) is 0 Å². The molecule has 6 heteroatoms. The van der Waals surface area contributed by atoms with Gasteiger partial charge in [0.05, 0.1) is 0 Å². The summed E-state index contributed by atoms with van der Waals surface area (Å²) in [6.45, 7) is 6.21. The molecule has 0 saturated heterocycles. The monoisotopic (exact) mass is 1110 g/mol. The predicted molar refractivity (Wildman–Crippen MR) is 352 cm³/mol. The van der Waals surface area contributed by atoms with Gasteiger partial charge in [-0.15, -0.1) is 0 Å². The van der Waals surface area contributed by atoms with Crippen molar-refractivity contribution in [3.05, 3.63) is 170 Å². The Labute approximate surface area is 498 Å². The molecule has 454 valence electrons. The molecule has 0 heterocycles. The molecule has 0 aliphatic rings. The van der Waals surface area contributed by atoms with Gasteiger partial charge in [-0.3, -0.25) is 14.4 Å². The van der Waals surface area contributed by atoms with E-state index in [1.807, 2.05) is 12.2 Å².